The number of nitrogens with one attached hydrogen (secondary N) is 1. The number of rotatable bonds is 5. The molecule has 1 aromatic carbocycles. The first-order valence-electron chi connectivity index (χ1n) is 9.00. The summed E-state index contributed by atoms with van der Waals surface area (Å²) >= 11 is 6.01. The van der Waals surface area contributed by atoms with Gasteiger partial charge in [-0.1, -0.05) is 25.4 Å². The van der Waals surface area contributed by atoms with E-state index in [0.717, 1.165) is 42.9 Å². The molecule has 0 saturated carbocycles. The maximum Gasteiger partial charge on any atom is 0.234 e. The number of hydrogen-bond acceptors (Lipinski definition) is 4. The molecule has 0 spiro atoms. The van der Waals surface area contributed by atoms with Crippen molar-refractivity contribution in [3.05, 3.63) is 29.1 Å². The number of carbonyl (C=O) groups excluding carboxylic acids is 1. The quantitative estimate of drug-likeness (QED) is 0.877. The number of piperidine rings is 1. The molecule has 2 aromatic rings. The Morgan fingerprint density at radius 1 is 1.36 bits per heavy atom. The lowest BCUT2D eigenvalue weighted by molar-refractivity contribution is -0.123. The molecule has 1 aliphatic heterocycles. The van der Waals surface area contributed by atoms with Gasteiger partial charge in [0.25, 0.3) is 0 Å². The maximum absolute atomic E-state index is 12.1. The number of aromatic nitrogens is 1. The summed E-state index contributed by atoms with van der Waals surface area (Å²) in [6.07, 6.45) is 1.90. The molecule has 0 aliphatic carbocycles. The molecule has 1 N–H and O–H groups in total. The minimum atomic E-state index is 0.108. The molecule has 1 amide bonds. The molecular formula is C19H26ClN3O2. The summed E-state index contributed by atoms with van der Waals surface area (Å²) in [5.74, 6) is 1.65. The number of fused-ring (bicyclic) bond motifs is 1. The van der Waals surface area contributed by atoms with E-state index in [1.807, 2.05) is 25.1 Å². The van der Waals surface area contributed by atoms with Crippen molar-refractivity contribution in [2.75, 3.05) is 19.6 Å². The second-order valence-corrected chi connectivity index (χ2v) is 7.75. The van der Waals surface area contributed by atoms with Crippen LogP contribution in [0.1, 0.15) is 45.4 Å². The molecule has 1 aromatic heterocycles. The summed E-state index contributed by atoms with van der Waals surface area (Å²) in [4.78, 5) is 18.9. The van der Waals surface area contributed by atoms with E-state index in [2.05, 4.69) is 29.0 Å². The van der Waals surface area contributed by atoms with Gasteiger partial charge in [-0.3, -0.25) is 9.69 Å². The van der Waals surface area contributed by atoms with Gasteiger partial charge >= 0.3 is 0 Å². The first-order valence-corrected chi connectivity index (χ1v) is 9.38. The van der Waals surface area contributed by atoms with E-state index in [1.54, 1.807) is 0 Å². The van der Waals surface area contributed by atoms with Gasteiger partial charge in [0, 0.05) is 17.0 Å². The molecule has 1 atom stereocenters. The minimum Gasteiger partial charge on any atom is -0.440 e. The van der Waals surface area contributed by atoms with Crippen molar-refractivity contribution in [1.82, 2.24) is 15.2 Å². The third-order valence-electron chi connectivity index (χ3n) is 5.06. The zero-order chi connectivity index (χ0) is 18.0. The normalized spacial score (nSPS) is 18.0. The lowest BCUT2D eigenvalue weighted by atomic mass is 9.97. The van der Waals surface area contributed by atoms with Crippen LogP contribution >= 0.6 is 11.6 Å². The van der Waals surface area contributed by atoms with Crippen LogP contribution in [0, 0.1) is 5.92 Å². The molecule has 2 heterocycles. The molecule has 3 rings (SSSR count). The number of oxazole rings is 1. The average Bonchev–Trinajstić information content (AvgIpc) is 2.98. The molecular weight excluding hydrogens is 338 g/mol. The Hall–Kier alpha value is -1.59. The summed E-state index contributed by atoms with van der Waals surface area (Å²) < 4.78 is 5.89. The Morgan fingerprint density at radius 3 is 2.76 bits per heavy atom. The highest BCUT2D eigenvalue weighted by atomic mass is 35.5. The summed E-state index contributed by atoms with van der Waals surface area (Å²) in [5, 5.41) is 3.74. The smallest absolute Gasteiger partial charge is 0.234 e. The van der Waals surface area contributed by atoms with Crippen molar-refractivity contribution in [1.29, 1.82) is 0 Å². The molecule has 6 heteroatoms. The standard InChI is InChI=1S/C19H26ClN3O2/c1-12(2)13(3)21-18(24)11-23-8-6-14(7-9-23)19-22-16-10-15(20)4-5-17(16)25-19/h4-5,10,12-14H,6-9,11H2,1-3H3,(H,21,24). The van der Waals surface area contributed by atoms with Gasteiger partial charge in [0.15, 0.2) is 11.5 Å². The van der Waals surface area contributed by atoms with E-state index in [0.29, 0.717) is 23.4 Å². The number of halogens is 1. The highest BCUT2D eigenvalue weighted by Crippen LogP contribution is 2.30. The van der Waals surface area contributed by atoms with E-state index in [-0.39, 0.29) is 11.9 Å². The number of likely N-dealkylation sites (tertiary alicyclic amines) is 1. The van der Waals surface area contributed by atoms with Crippen LogP contribution in [0.15, 0.2) is 22.6 Å². The van der Waals surface area contributed by atoms with E-state index in [4.69, 9.17) is 16.0 Å². The molecule has 1 saturated heterocycles. The minimum absolute atomic E-state index is 0.108. The fraction of sp³-hybridized carbons (Fsp3) is 0.579. The third-order valence-corrected chi connectivity index (χ3v) is 5.29. The van der Waals surface area contributed by atoms with Crippen LogP contribution in [0.2, 0.25) is 5.02 Å². The molecule has 5 nitrogen and oxygen atoms in total. The van der Waals surface area contributed by atoms with Crippen LogP contribution in [0.5, 0.6) is 0 Å². The van der Waals surface area contributed by atoms with Crippen LogP contribution in [0.25, 0.3) is 11.1 Å². The van der Waals surface area contributed by atoms with Crippen molar-refractivity contribution in [2.45, 2.75) is 45.6 Å². The van der Waals surface area contributed by atoms with Crippen LogP contribution in [-0.4, -0.2) is 41.5 Å². The first-order chi connectivity index (χ1) is 11.9. The topological polar surface area (TPSA) is 58.4 Å². The Kier molecular flexibility index (Phi) is 5.64. The third kappa shape index (κ3) is 4.53. The van der Waals surface area contributed by atoms with E-state index < -0.39 is 0 Å². The van der Waals surface area contributed by atoms with Gasteiger partial charge < -0.3 is 9.73 Å². The molecule has 1 unspecified atom stereocenters. The van der Waals surface area contributed by atoms with Crippen LogP contribution < -0.4 is 5.32 Å². The zero-order valence-electron chi connectivity index (χ0n) is 15.1. The summed E-state index contributed by atoms with van der Waals surface area (Å²) in [6.45, 7) is 8.51. The first kappa shape index (κ1) is 18.2. The predicted octanol–water partition coefficient (Wildman–Crippen LogP) is 3.82. The lowest BCUT2D eigenvalue weighted by Crippen LogP contribution is -2.44. The highest BCUT2D eigenvalue weighted by Gasteiger charge is 2.26. The number of benzene rings is 1. The fourth-order valence-corrected chi connectivity index (χ4v) is 3.27. The Balaban J connectivity index is 1.53. The molecule has 0 radical (unpaired) electrons. The van der Waals surface area contributed by atoms with Crippen LogP contribution in [0.3, 0.4) is 0 Å². The van der Waals surface area contributed by atoms with Crippen molar-refractivity contribution in [2.24, 2.45) is 5.92 Å². The summed E-state index contributed by atoms with van der Waals surface area (Å²) in [5.41, 5.74) is 1.59. The molecule has 0 bridgehead atoms. The molecule has 1 aliphatic rings. The summed E-state index contributed by atoms with van der Waals surface area (Å²) in [7, 11) is 0. The van der Waals surface area contributed by atoms with E-state index >= 15 is 0 Å². The van der Waals surface area contributed by atoms with Crippen LogP contribution in [0.4, 0.5) is 0 Å². The van der Waals surface area contributed by atoms with Crippen molar-refractivity contribution >= 4 is 28.6 Å². The lowest BCUT2D eigenvalue weighted by Gasteiger charge is -2.30. The van der Waals surface area contributed by atoms with Gasteiger partial charge in [0.1, 0.15) is 5.52 Å². The monoisotopic (exact) mass is 363 g/mol. The maximum atomic E-state index is 12.1. The van der Waals surface area contributed by atoms with Gasteiger partial charge in [-0.2, -0.15) is 0 Å². The van der Waals surface area contributed by atoms with Gasteiger partial charge in [0.2, 0.25) is 5.91 Å². The molecule has 136 valence electrons. The van der Waals surface area contributed by atoms with Gasteiger partial charge in [-0.25, -0.2) is 4.98 Å². The Bertz CT molecular complexity index is 735. The van der Waals surface area contributed by atoms with Gasteiger partial charge in [-0.15, -0.1) is 0 Å². The van der Waals surface area contributed by atoms with Crippen molar-refractivity contribution in [3.63, 3.8) is 0 Å². The predicted molar refractivity (Wildman–Crippen MR) is 99.9 cm³/mol. The van der Waals surface area contributed by atoms with Gasteiger partial charge in [0.05, 0.1) is 6.54 Å². The molecule has 25 heavy (non-hydrogen) atoms. The number of amides is 1. The largest absolute Gasteiger partial charge is 0.440 e. The van der Waals surface area contributed by atoms with Gasteiger partial charge in [-0.05, 0) is 57.0 Å². The highest BCUT2D eigenvalue weighted by molar-refractivity contribution is 6.31. The van der Waals surface area contributed by atoms with Crippen molar-refractivity contribution in [3.8, 4) is 0 Å². The number of carbonyl (C=O) groups is 1. The Morgan fingerprint density at radius 2 is 2.08 bits per heavy atom. The summed E-state index contributed by atoms with van der Waals surface area (Å²) in [6, 6.07) is 5.72. The Labute approximate surface area is 153 Å². The number of nitrogens with zero attached hydrogens (tertiary/aromatic N) is 2. The number of hydrogen-bond donors (Lipinski definition) is 1. The SMILES string of the molecule is CC(C)C(C)NC(=O)CN1CCC(c2nc3cc(Cl)ccc3o2)CC1. The fourth-order valence-electron chi connectivity index (χ4n) is 3.10. The average molecular weight is 364 g/mol. The van der Waals surface area contributed by atoms with Crippen LogP contribution in [-0.2, 0) is 4.79 Å². The zero-order valence-corrected chi connectivity index (χ0v) is 15.8. The van der Waals surface area contributed by atoms with Crippen molar-refractivity contribution < 1.29 is 9.21 Å². The second kappa shape index (κ2) is 7.75. The van der Waals surface area contributed by atoms with E-state index in [1.165, 1.54) is 0 Å². The van der Waals surface area contributed by atoms with E-state index in [9.17, 15) is 4.79 Å². The molecule has 1 fully saturated rings. The second-order valence-electron chi connectivity index (χ2n) is 7.31.